The van der Waals surface area contributed by atoms with Crippen LogP contribution < -0.4 is 14.8 Å². The molecular weight excluding hydrogens is 254 g/mol. The van der Waals surface area contributed by atoms with E-state index in [1.165, 1.54) is 0 Å². The number of rotatable bonds is 6. The molecule has 0 aromatic heterocycles. The highest BCUT2D eigenvalue weighted by molar-refractivity contribution is 6.19. The van der Waals surface area contributed by atoms with Crippen LogP contribution in [0.5, 0.6) is 11.5 Å². The zero-order chi connectivity index (χ0) is 13.5. The molecule has 1 atom stereocenters. The highest BCUT2D eigenvalue weighted by Crippen LogP contribution is 2.30. The van der Waals surface area contributed by atoms with E-state index in [0.717, 1.165) is 0 Å². The maximum atomic E-state index is 11.7. The summed E-state index contributed by atoms with van der Waals surface area (Å²) >= 11 is 5.64. The first-order chi connectivity index (χ1) is 8.62. The molecule has 0 heterocycles. The van der Waals surface area contributed by atoms with Crippen molar-refractivity contribution in [2.24, 2.45) is 5.92 Å². The maximum absolute atomic E-state index is 11.7. The van der Waals surface area contributed by atoms with Crippen LogP contribution >= 0.6 is 11.6 Å². The van der Waals surface area contributed by atoms with Crippen molar-refractivity contribution in [2.45, 2.75) is 13.8 Å². The van der Waals surface area contributed by atoms with Crippen molar-refractivity contribution in [1.82, 2.24) is 0 Å². The lowest BCUT2D eigenvalue weighted by molar-refractivity contribution is -0.118. The average Bonchev–Trinajstić information content (AvgIpc) is 2.38. The Hall–Kier alpha value is -1.42. The summed E-state index contributed by atoms with van der Waals surface area (Å²) < 4.78 is 10.6. The Morgan fingerprint density at radius 1 is 1.44 bits per heavy atom. The number of carbonyl (C=O) groups excluding carboxylic acids is 1. The quantitative estimate of drug-likeness (QED) is 0.810. The fourth-order valence-electron chi connectivity index (χ4n) is 1.36. The molecule has 1 N–H and O–H groups in total. The molecule has 5 heteroatoms. The maximum Gasteiger partial charge on any atom is 0.228 e. The lowest BCUT2D eigenvalue weighted by atomic mass is 10.2. The van der Waals surface area contributed by atoms with Crippen LogP contribution in [0, 0.1) is 5.92 Å². The van der Waals surface area contributed by atoms with Gasteiger partial charge in [-0.1, -0.05) is 6.92 Å². The molecule has 0 saturated heterocycles. The third kappa shape index (κ3) is 3.81. The first kappa shape index (κ1) is 14.6. The van der Waals surface area contributed by atoms with Gasteiger partial charge in [0.05, 0.1) is 13.7 Å². The second kappa shape index (κ2) is 7.11. The molecule has 0 radical (unpaired) electrons. The van der Waals surface area contributed by atoms with Crippen LogP contribution in [0.25, 0.3) is 0 Å². The van der Waals surface area contributed by atoms with E-state index in [2.05, 4.69) is 5.32 Å². The van der Waals surface area contributed by atoms with Crippen molar-refractivity contribution < 1.29 is 14.3 Å². The molecule has 1 rings (SSSR count). The lowest BCUT2D eigenvalue weighted by Gasteiger charge is -2.13. The SMILES string of the molecule is CCOc1cc(NC(=O)C(C)CCl)ccc1OC. The molecule has 1 amide bonds. The number of hydrogen-bond donors (Lipinski definition) is 1. The lowest BCUT2D eigenvalue weighted by Crippen LogP contribution is -2.21. The molecule has 0 fully saturated rings. The largest absolute Gasteiger partial charge is 0.493 e. The van der Waals surface area contributed by atoms with Crippen molar-refractivity contribution in [2.75, 3.05) is 24.9 Å². The number of ether oxygens (including phenoxy) is 2. The summed E-state index contributed by atoms with van der Waals surface area (Å²) in [5.41, 5.74) is 0.668. The molecule has 0 aliphatic carbocycles. The summed E-state index contributed by atoms with van der Waals surface area (Å²) in [6.45, 7) is 4.20. The molecular formula is C13H18ClNO3. The van der Waals surface area contributed by atoms with Gasteiger partial charge >= 0.3 is 0 Å². The Balaban J connectivity index is 2.84. The van der Waals surface area contributed by atoms with Crippen LogP contribution in [-0.2, 0) is 4.79 Å². The highest BCUT2D eigenvalue weighted by Gasteiger charge is 2.13. The fourth-order valence-corrected chi connectivity index (χ4v) is 1.50. The second-order valence-corrected chi connectivity index (χ2v) is 4.15. The molecule has 0 saturated carbocycles. The molecule has 0 bridgehead atoms. The summed E-state index contributed by atoms with van der Waals surface area (Å²) in [5, 5.41) is 2.78. The Bertz CT molecular complexity index is 409. The minimum Gasteiger partial charge on any atom is -0.493 e. The van der Waals surface area contributed by atoms with Crippen LogP contribution in [-0.4, -0.2) is 25.5 Å². The van der Waals surface area contributed by atoms with Gasteiger partial charge in [0.1, 0.15) is 0 Å². The summed E-state index contributed by atoms with van der Waals surface area (Å²) in [7, 11) is 1.58. The van der Waals surface area contributed by atoms with Crippen LogP contribution in [0.15, 0.2) is 18.2 Å². The van der Waals surface area contributed by atoms with Crippen molar-refractivity contribution in [3.05, 3.63) is 18.2 Å². The molecule has 0 aliphatic rings. The summed E-state index contributed by atoms with van der Waals surface area (Å²) in [6.07, 6.45) is 0. The monoisotopic (exact) mass is 271 g/mol. The topological polar surface area (TPSA) is 47.6 Å². The van der Waals surface area contributed by atoms with E-state index in [9.17, 15) is 4.79 Å². The van der Waals surface area contributed by atoms with Crippen molar-refractivity contribution >= 4 is 23.2 Å². The molecule has 0 aliphatic heterocycles. The van der Waals surface area contributed by atoms with Crippen LogP contribution in [0.2, 0.25) is 0 Å². The second-order valence-electron chi connectivity index (χ2n) is 3.84. The standard InChI is InChI=1S/C13H18ClNO3/c1-4-18-12-7-10(5-6-11(12)17-3)15-13(16)9(2)8-14/h5-7,9H,4,8H2,1-3H3,(H,15,16). The Morgan fingerprint density at radius 2 is 2.17 bits per heavy atom. The molecule has 100 valence electrons. The molecule has 1 unspecified atom stereocenters. The zero-order valence-electron chi connectivity index (χ0n) is 10.8. The van der Waals surface area contributed by atoms with Crippen molar-refractivity contribution in [3.8, 4) is 11.5 Å². The number of methoxy groups -OCH3 is 1. The number of nitrogens with one attached hydrogen (secondary N) is 1. The molecule has 1 aromatic rings. The third-order valence-electron chi connectivity index (χ3n) is 2.41. The van der Waals surface area contributed by atoms with E-state index >= 15 is 0 Å². The van der Waals surface area contributed by atoms with E-state index in [4.69, 9.17) is 21.1 Å². The van der Waals surface area contributed by atoms with Gasteiger partial charge in [-0.25, -0.2) is 0 Å². The minimum atomic E-state index is -0.232. The van der Waals surface area contributed by atoms with E-state index in [0.29, 0.717) is 29.7 Å². The van der Waals surface area contributed by atoms with Crippen molar-refractivity contribution in [1.29, 1.82) is 0 Å². The van der Waals surface area contributed by atoms with Crippen LogP contribution in [0.4, 0.5) is 5.69 Å². The predicted molar refractivity (Wildman–Crippen MR) is 72.7 cm³/mol. The number of hydrogen-bond acceptors (Lipinski definition) is 3. The number of amides is 1. The summed E-state index contributed by atoms with van der Waals surface area (Å²) in [5.74, 6) is 1.19. The number of alkyl halides is 1. The van der Waals surface area contributed by atoms with Gasteiger partial charge in [-0.3, -0.25) is 4.79 Å². The number of anilines is 1. The third-order valence-corrected chi connectivity index (χ3v) is 2.87. The van der Waals surface area contributed by atoms with Gasteiger partial charge in [0, 0.05) is 23.6 Å². The molecule has 0 spiro atoms. The molecule has 18 heavy (non-hydrogen) atoms. The van der Waals surface area contributed by atoms with Gasteiger partial charge in [0.15, 0.2) is 11.5 Å². The number of halogens is 1. The Morgan fingerprint density at radius 3 is 2.72 bits per heavy atom. The Kier molecular flexibility index (Phi) is 5.78. The van der Waals surface area contributed by atoms with Gasteiger partial charge in [0.2, 0.25) is 5.91 Å². The smallest absolute Gasteiger partial charge is 0.228 e. The zero-order valence-corrected chi connectivity index (χ0v) is 11.6. The van der Waals surface area contributed by atoms with Crippen LogP contribution in [0.3, 0.4) is 0 Å². The van der Waals surface area contributed by atoms with E-state index in [1.807, 2.05) is 6.92 Å². The van der Waals surface area contributed by atoms with Gasteiger partial charge in [0.25, 0.3) is 0 Å². The van der Waals surface area contributed by atoms with Gasteiger partial charge in [-0.2, -0.15) is 0 Å². The van der Waals surface area contributed by atoms with E-state index in [-0.39, 0.29) is 11.8 Å². The Labute approximate surface area is 112 Å². The van der Waals surface area contributed by atoms with Gasteiger partial charge < -0.3 is 14.8 Å². The molecule has 1 aromatic carbocycles. The average molecular weight is 272 g/mol. The summed E-state index contributed by atoms with van der Waals surface area (Å²) in [4.78, 5) is 11.7. The highest BCUT2D eigenvalue weighted by atomic mass is 35.5. The van der Waals surface area contributed by atoms with Gasteiger partial charge in [-0.05, 0) is 19.1 Å². The van der Waals surface area contributed by atoms with E-state index < -0.39 is 0 Å². The predicted octanol–water partition coefficient (Wildman–Crippen LogP) is 2.91. The van der Waals surface area contributed by atoms with E-state index in [1.54, 1.807) is 32.2 Å². The number of carbonyl (C=O) groups is 1. The molecule has 4 nitrogen and oxygen atoms in total. The number of benzene rings is 1. The fraction of sp³-hybridized carbons (Fsp3) is 0.462. The minimum absolute atomic E-state index is 0.113. The first-order valence-electron chi connectivity index (χ1n) is 5.80. The van der Waals surface area contributed by atoms with Crippen molar-refractivity contribution in [3.63, 3.8) is 0 Å². The first-order valence-corrected chi connectivity index (χ1v) is 6.33. The summed E-state index contributed by atoms with van der Waals surface area (Å²) in [6, 6.07) is 5.26. The van der Waals surface area contributed by atoms with Crippen LogP contribution in [0.1, 0.15) is 13.8 Å². The normalized spacial score (nSPS) is 11.8. The van der Waals surface area contributed by atoms with Gasteiger partial charge in [-0.15, -0.1) is 11.6 Å².